The van der Waals surface area contributed by atoms with Crippen molar-refractivity contribution in [3.8, 4) is 0 Å². The summed E-state index contributed by atoms with van der Waals surface area (Å²) < 4.78 is 0. The van der Waals surface area contributed by atoms with Crippen molar-refractivity contribution in [1.29, 1.82) is 5.53 Å². The van der Waals surface area contributed by atoms with Gasteiger partial charge in [-0.05, 0) is 0 Å². The predicted octanol–water partition coefficient (Wildman–Crippen LogP) is -0.553. The Morgan fingerprint density at radius 3 is 3.07 bits per heavy atom. The monoisotopic (exact) mass is 204 g/mol. The molecule has 9 heteroatoms. The lowest BCUT2D eigenvalue weighted by Gasteiger charge is -1.97. The second kappa shape index (κ2) is 3.68. The maximum absolute atomic E-state index is 6.49. The van der Waals surface area contributed by atoms with Crippen LogP contribution in [-0.4, -0.2) is 25.1 Å². The van der Waals surface area contributed by atoms with E-state index in [4.69, 9.17) is 11.3 Å². The number of rotatable bonds is 2. The van der Waals surface area contributed by atoms with E-state index in [9.17, 15) is 0 Å². The minimum atomic E-state index is 0.0841. The van der Waals surface area contributed by atoms with Crippen LogP contribution in [0.4, 0.5) is 5.82 Å². The summed E-state index contributed by atoms with van der Waals surface area (Å²) in [6.45, 7) is 0.0841. The van der Waals surface area contributed by atoms with Crippen LogP contribution in [0.15, 0.2) is 11.4 Å². The van der Waals surface area contributed by atoms with E-state index in [-0.39, 0.29) is 12.4 Å². The van der Waals surface area contributed by atoms with Crippen molar-refractivity contribution < 1.29 is 0 Å². The zero-order valence-electron chi connectivity index (χ0n) is 7.49. The van der Waals surface area contributed by atoms with Gasteiger partial charge in [0, 0.05) is 0 Å². The Bertz CT molecular complexity index is 543. The summed E-state index contributed by atoms with van der Waals surface area (Å²) in [4.78, 5) is 14.5. The first-order chi connectivity index (χ1) is 7.31. The van der Waals surface area contributed by atoms with E-state index >= 15 is 0 Å². The molecule has 0 aromatic carbocycles. The molecule has 74 valence electrons. The number of anilines is 1. The molecule has 0 amide bonds. The molecule has 2 rings (SSSR count). The van der Waals surface area contributed by atoms with Gasteiger partial charge in [-0.25, -0.2) is 15.0 Å². The van der Waals surface area contributed by atoms with Gasteiger partial charge in [0.15, 0.2) is 23.7 Å². The van der Waals surface area contributed by atoms with Crippen LogP contribution < -0.4 is 10.6 Å². The number of nitrogens with zero attached hydrogens (tertiary/aromatic N) is 7. The molecule has 0 radical (unpaired) electrons. The standard InChI is InChI=1S/C6H6N9/c7-5-4-6(10-2-9-5)14-13-3(12-4)1-11-15-8/h2,8H,1H2,(H2,7,9,10,14)/q+1. The van der Waals surface area contributed by atoms with E-state index in [2.05, 4.69) is 35.2 Å². The first-order valence-electron chi connectivity index (χ1n) is 3.94. The summed E-state index contributed by atoms with van der Waals surface area (Å²) in [6.07, 6.45) is 1.29. The minimum Gasteiger partial charge on any atom is -0.382 e. The molecular weight excluding hydrogens is 198 g/mol. The third-order valence-corrected chi connectivity index (χ3v) is 1.62. The fraction of sp³-hybridized carbons (Fsp3) is 0.167. The Hall–Kier alpha value is -2.54. The van der Waals surface area contributed by atoms with Crippen LogP contribution in [0.5, 0.6) is 0 Å². The fourth-order valence-corrected chi connectivity index (χ4v) is 0.985. The Kier molecular flexibility index (Phi) is 2.22. The molecule has 0 saturated carbocycles. The van der Waals surface area contributed by atoms with Crippen LogP contribution in [0.25, 0.3) is 11.2 Å². The van der Waals surface area contributed by atoms with Gasteiger partial charge in [0.2, 0.25) is 10.6 Å². The highest BCUT2D eigenvalue weighted by Gasteiger charge is 2.07. The molecule has 15 heavy (non-hydrogen) atoms. The van der Waals surface area contributed by atoms with Crippen molar-refractivity contribution in [3.63, 3.8) is 0 Å². The highest BCUT2D eigenvalue weighted by atomic mass is 15.2. The van der Waals surface area contributed by atoms with E-state index in [1.807, 2.05) is 0 Å². The lowest BCUT2D eigenvalue weighted by Crippen LogP contribution is -2.02. The highest BCUT2D eigenvalue weighted by molar-refractivity contribution is 5.79. The van der Waals surface area contributed by atoms with Crippen LogP contribution >= 0.6 is 0 Å². The van der Waals surface area contributed by atoms with Gasteiger partial charge in [0.05, 0.1) is 0 Å². The topological polar surface area (TPSA) is 141 Å². The number of nitrogen functional groups attached to an aromatic ring is 1. The maximum atomic E-state index is 6.49. The molecule has 3 N–H and O–H groups in total. The maximum Gasteiger partial charge on any atom is 0.214 e. The van der Waals surface area contributed by atoms with Crippen molar-refractivity contribution >= 4 is 17.0 Å². The number of hydrogen-bond donors (Lipinski definition) is 2. The van der Waals surface area contributed by atoms with Gasteiger partial charge >= 0.3 is 0 Å². The van der Waals surface area contributed by atoms with Gasteiger partial charge in [0.1, 0.15) is 17.0 Å². The predicted molar refractivity (Wildman–Crippen MR) is 48.3 cm³/mol. The van der Waals surface area contributed by atoms with Gasteiger partial charge in [-0.15, -0.1) is 10.2 Å². The number of nitrogens with two attached hydrogens (primary N) is 1. The van der Waals surface area contributed by atoms with Crippen LogP contribution in [0.3, 0.4) is 0 Å². The van der Waals surface area contributed by atoms with Gasteiger partial charge < -0.3 is 5.73 Å². The molecule has 0 saturated heterocycles. The lowest BCUT2D eigenvalue weighted by molar-refractivity contribution is 0.783. The largest absolute Gasteiger partial charge is 0.382 e. The van der Waals surface area contributed by atoms with Crippen molar-refractivity contribution in [1.82, 2.24) is 30.1 Å². The first-order valence-corrected chi connectivity index (χ1v) is 3.94. The summed E-state index contributed by atoms with van der Waals surface area (Å²) in [5.74, 6) is 0.555. The molecule has 9 nitrogen and oxygen atoms in total. The third kappa shape index (κ3) is 1.71. The van der Waals surface area contributed by atoms with Crippen molar-refractivity contribution in [2.45, 2.75) is 6.54 Å². The molecule has 0 spiro atoms. The average molecular weight is 204 g/mol. The molecule has 2 aromatic heterocycles. The molecule has 0 aliphatic heterocycles. The summed E-state index contributed by atoms with van der Waals surface area (Å²) in [5.41, 5.74) is 12.8. The minimum absolute atomic E-state index is 0.0841. The van der Waals surface area contributed by atoms with Crippen LogP contribution in [-0.2, 0) is 6.54 Å². The van der Waals surface area contributed by atoms with Crippen LogP contribution in [0, 0.1) is 5.53 Å². The molecule has 2 aromatic rings. The number of nitrogens with one attached hydrogen (secondary N) is 1. The summed E-state index contributed by atoms with van der Waals surface area (Å²) in [7, 11) is 0. The molecule has 0 atom stereocenters. The second-order valence-corrected chi connectivity index (χ2v) is 2.56. The smallest absolute Gasteiger partial charge is 0.214 e. The third-order valence-electron chi connectivity index (χ3n) is 1.62. The molecule has 0 aliphatic carbocycles. The SMILES string of the molecule is N=[N+]=NCc1nnc2ncnc(N)c2n1. The van der Waals surface area contributed by atoms with E-state index in [0.717, 1.165) is 0 Å². The highest BCUT2D eigenvalue weighted by Crippen LogP contribution is 2.10. The van der Waals surface area contributed by atoms with Crippen molar-refractivity contribution in [3.05, 3.63) is 12.2 Å². The summed E-state index contributed by atoms with van der Waals surface area (Å²) in [5, 5.41) is 11.0. The first kappa shape index (κ1) is 9.03. The molecule has 0 aliphatic rings. The van der Waals surface area contributed by atoms with Gasteiger partial charge in [-0.2, -0.15) is 0 Å². The molecule has 0 bridgehead atoms. The second-order valence-electron chi connectivity index (χ2n) is 2.56. The van der Waals surface area contributed by atoms with Crippen LogP contribution in [0.2, 0.25) is 0 Å². The number of hydrogen-bond acceptors (Lipinski definition) is 8. The Labute approximate surface area is 83.0 Å². The summed E-state index contributed by atoms with van der Waals surface area (Å²) >= 11 is 0. The molecule has 0 unspecified atom stereocenters. The van der Waals surface area contributed by atoms with E-state index in [1.54, 1.807) is 0 Å². The number of fused-ring (bicyclic) bond motifs is 1. The Morgan fingerprint density at radius 2 is 2.27 bits per heavy atom. The Balaban J connectivity index is 2.54. The van der Waals surface area contributed by atoms with Crippen molar-refractivity contribution in [2.75, 3.05) is 5.73 Å². The fourth-order valence-electron chi connectivity index (χ4n) is 0.985. The van der Waals surface area contributed by atoms with E-state index < -0.39 is 0 Å². The van der Waals surface area contributed by atoms with Crippen LogP contribution in [0.1, 0.15) is 5.82 Å². The van der Waals surface area contributed by atoms with Gasteiger partial charge in [-0.3, -0.25) is 0 Å². The molecule has 2 heterocycles. The average Bonchev–Trinajstić information content (AvgIpc) is 2.27. The Morgan fingerprint density at radius 1 is 1.40 bits per heavy atom. The number of aromatic nitrogens is 5. The van der Waals surface area contributed by atoms with E-state index in [1.165, 1.54) is 6.33 Å². The quantitative estimate of drug-likeness (QED) is 0.496. The zero-order valence-corrected chi connectivity index (χ0v) is 7.49. The zero-order chi connectivity index (χ0) is 10.7. The molecular formula is C6H6N9+. The normalized spacial score (nSPS) is 9.87. The lowest BCUT2D eigenvalue weighted by atomic mass is 10.5. The van der Waals surface area contributed by atoms with Gasteiger partial charge in [-0.1, -0.05) is 0 Å². The van der Waals surface area contributed by atoms with Crippen molar-refractivity contribution in [2.24, 2.45) is 5.11 Å². The molecule has 0 fully saturated rings. The van der Waals surface area contributed by atoms with Gasteiger partial charge in [0.25, 0.3) is 0 Å². The summed E-state index contributed by atoms with van der Waals surface area (Å²) in [6, 6.07) is 0. The van der Waals surface area contributed by atoms with E-state index in [0.29, 0.717) is 17.0 Å².